The van der Waals surface area contributed by atoms with Crippen molar-refractivity contribution in [2.75, 3.05) is 0 Å². The Kier molecular flexibility index (Phi) is 4.67. The Morgan fingerprint density at radius 1 is 1.30 bits per heavy atom. The van der Waals surface area contributed by atoms with Crippen LogP contribution in [0, 0.1) is 5.92 Å². The molecular formula is C13H14BrF3N2O. The lowest BCUT2D eigenvalue weighted by Crippen LogP contribution is -2.40. The van der Waals surface area contributed by atoms with Crippen LogP contribution in [0.2, 0.25) is 0 Å². The lowest BCUT2D eigenvalue weighted by Gasteiger charge is -2.30. The Morgan fingerprint density at radius 2 is 1.95 bits per heavy atom. The maximum atomic E-state index is 12.5. The van der Waals surface area contributed by atoms with Gasteiger partial charge in [-0.2, -0.15) is 13.2 Å². The highest BCUT2D eigenvalue weighted by atomic mass is 79.9. The van der Waals surface area contributed by atoms with E-state index in [0.717, 1.165) is 0 Å². The van der Waals surface area contributed by atoms with Gasteiger partial charge >= 0.3 is 6.18 Å². The molecule has 1 heterocycles. The molecule has 0 aliphatic heterocycles. The number of nitrogens with zero attached hydrogens (tertiary/aromatic N) is 1. The van der Waals surface area contributed by atoms with Crippen molar-refractivity contribution < 1.29 is 18.0 Å². The van der Waals surface area contributed by atoms with Crippen LogP contribution in [0.4, 0.5) is 13.2 Å². The molecule has 0 unspecified atom stereocenters. The summed E-state index contributed by atoms with van der Waals surface area (Å²) in [6.45, 7) is 0. The van der Waals surface area contributed by atoms with E-state index in [9.17, 15) is 18.0 Å². The van der Waals surface area contributed by atoms with Crippen LogP contribution >= 0.6 is 15.9 Å². The zero-order chi connectivity index (χ0) is 14.8. The predicted molar refractivity (Wildman–Crippen MR) is 71.2 cm³/mol. The normalized spacial score (nSPS) is 23.4. The molecule has 1 aromatic heterocycles. The minimum atomic E-state index is -4.12. The number of nitrogens with one attached hydrogen (secondary N) is 1. The average molecular weight is 351 g/mol. The lowest BCUT2D eigenvalue weighted by molar-refractivity contribution is -0.182. The first-order valence-electron chi connectivity index (χ1n) is 6.35. The van der Waals surface area contributed by atoms with E-state index >= 15 is 0 Å². The summed E-state index contributed by atoms with van der Waals surface area (Å²) in [6.07, 6.45) is -1.74. The molecule has 0 spiro atoms. The van der Waals surface area contributed by atoms with Gasteiger partial charge in [0.25, 0.3) is 5.91 Å². The van der Waals surface area contributed by atoms with Gasteiger partial charge in [0.15, 0.2) is 0 Å². The maximum absolute atomic E-state index is 12.5. The quantitative estimate of drug-likeness (QED) is 0.826. The average Bonchev–Trinajstić information content (AvgIpc) is 2.38. The molecular weight excluding hydrogens is 337 g/mol. The van der Waals surface area contributed by atoms with Crippen molar-refractivity contribution in [1.29, 1.82) is 0 Å². The highest BCUT2D eigenvalue weighted by molar-refractivity contribution is 9.10. The summed E-state index contributed by atoms with van der Waals surface area (Å²) in [5.41, 5.74) is 0.449. The van der Waals surface area contributed by atoms with E-state index in [0.29, 0.717) is 23.0 Å². The third-order valence-electron chi connectivity index (χ3n) is 3.51. The molecule has 1 saturated carbocycles. The maximum Gasteiger partial charge on any atom is 0.391 e. The molecule has 0 bridgehead atoms. The number of amides is 1. The zero-order valence-electron chi connectivity index (χ0n) is 10.6. The number of halogens is 4. The molecule has 7 heteroatoms. The minimum absolute atomic E-state index is 0.0779. The summed E-state index contributed by atoms with van der Waals surface area (Å²) in [5.74, 6) is -1.51. The van der Waals surface area contributed by atoms with Crippen molar-refractivity contribution in [3.63, 3.8) is 0 Å². The highest BCUT2D eigenvalue weighted by Crippen LogP contribution is 2.37. The highest BCUT2D eigenvalue weighted by Gasteiger charge is 2.41. The first-order chi connectivity index (χ1) is 9.36. The number of alkyl halides is 3. The monoisotopic (exact) mass is 350 g/mol. The van der Waals surface area contributed by atoms with E-state index in [1.807, 2.05) is 0 Å². The summed E-state index contributed by atoms with van der Waals surface area (Å²) in [6, 6.07) is 2.96. The number of rotatable bonds is 2. The SMILES string of the molecule is O=C(NC1CCC(C(F)(F)F)CC1)c1ccnc(Br)c1. The summed E-state index contributed by atoms with van der Waals surface area (Å²) in [7, 11) is 0. The fraction of sp³-hybridized carbons (Fsp3) is 0.538. The number of aromatic nitrogens is 1. The van der Waals surface area contributed by atoms with Gasteiger partial charge in [-0.15, -0.1) is 0 Å². The molecule has 3 nitrogen and oxygen atoms in total. The first-order valence-corrected chi connectivity index (χ1v) is 7.14. The van der Waals surface area contributed by atoms with E-state index in [-0.39, 0.29) is 24.8 Å². The Hall–Kier alpha value is -1.11. The van der Waals surface area contributed by atoms with Crippen LogP contribution < -0.4 is 5.32 Å². The van der Waals surface area contributed by atoms with E-state index < -0.39 is 12.1 Å². The second kappa shape index (κ2) is 6.11. The standard InChI is InChI=1S/C13H14BrF3N2O/c14-11-7-8(5-6-18-11)12(20)19-10-3-1-9(2-4-10)13(15,16)17/h5-7,9-10H,1-4H2,(H,19,20). The largest absolute Gasteiger partial charge is 0.391 e. The molecule has 0 saturated heterocycles. The van der Waals surface area contributed by atoms with Crippen LogP contribution in [-0.4, -0.2) is 23.1 Å². The van der Waals surface area contributed by atoms with Crippen molar-refractivity contribution in [2.24, 2.45) is 5.92 Å². The van der Waals surface area contributed by atoms with Crippen molar-refractivity contribution in [3.8, 4) is 0 Å². The molecule has 1 aromatic rings. The van der Waals surface area contributed by atoms with Gasteiger partial charge in [0.2, 0.25) is 0 Å². The second-order valence-corrected chi connectivity index (χ2v) is 5.74. The zero-order valence-corrected chi connectivity index (χ0v) is 12.2. The third-order valence-corrected chi connectivity index (χ3v) is 3.95. The molecule has 110 valence electrons. The molecule has 0 aromatic carbocycles. The number of hydrogen-bond acceptors (Lipinski definition) is 2. The van der Waals surface area contributed by atoms with Crippen LogP contribution in [0.25, 0.3) is 0 Å². The molecule has 1 fully saturated rings. The van der Waals surface area contributed by atoms with Gasteiger partial charge in [-0.1, -0.05) is 0 Å². The topological polar surface area (TPSA) is 42.0 Å². The van der Waals surface area contributed by atoms with Gasteiger partial charge in [-0.25, -0.2) is 4.98 Å². The van der Waals surface area contributed by atoms with Crippen LogP contribution in [0.3, 0.4) is 0 Å². The third kappa shape index (κ3) is 3.94. The number of hydrogen-bond donors (Lipinski definition) is 1. The predicted octanol–water partition coefficient (Wildman–Crippen LogP) is 3.70. The number of carbonyl (C=O) groups is 1. The van der Waals surface area contributed by atoms with E-state index in [4.69, 9.17) is 0 Å². The summed E-state index contributed by atoms with van der Waals surface area (Å²) in [5, 5.41) is 2.78. The van der Waals surface area contributed by atoms with Crippen molar-refractivity contribution >= 4 is 21.8 Å². The molecule has 1 N–H and O–H groups in total. The van der Waals surface area contributed by atoms with Gasteiger partial charge in [0.05, 0.1) is 5.92 Å². The van der Waals surface area contributed by atoms with Gasteiger partial charge in [0.1, 0.15) is 4.60 Å². The van der Waals surface area contributed by atoms with Gasteiger partial charge < -0.3 is 5.32 Å². The molecule has 1 amide bonds. The Bertz CT molecular complexity index is 485. The van der Waals surface area contributed by atoms with Gasteiger partial charge in [-0.05, 0) is 53.7 Å². The molecule has 0 radical (unpaired) electrons. The molecule has 2 rings (SSSR count). The van der Waals surface area contributed by atoms with E-state index in [2.05, 4.69) is 26.2 Å². The van der Waals surface area contributed by atoms with E-state index in [1.165, 1.54) is 6.20 Å². The fourth-order valence-electron chi connectivity index (χ4n) is 2.38. The summed E-state index contributed by atoms with van der Waals surface area (Å²) < 4.78 is 38.2. The summed E-state index contributed by atoms with van der Waals surface area (Å²) in [4.78, 5) is 15.9. The first kappa shape index (κ1) is 15.3. The lowest BCUT2D eigenvalue weighted by atomic mass is 9.85. The Balaban J connectivity index is 1.88. The smallest absolute Gasteiger partial charge is 0.349 e. The van der Waals surface area contributed by atoms with Crippen LogP contribution in [0.5, 0.6) is 0 Å². The number of pyridine rings is 1. The molecule has 1 aliphatic carbocycles. The summed E-state index contributed by atoms with van der Waals surface area (Å²) >= 11 is 3.17. The molecule has 20 heavy (non-hydrogen) atoms. The van der Waals surface area contributed by atoms with Gasteiger partial charge in [-0.3, -0.25) is 4.79 Å². The van der Waals surface area contributed by atoms with Gasteiger partial charge in [0, 0.05) is 17.8 Å². The number of carbonyl (C=O) groups excluding carboxylic acids is 1. The van der Waals surface area contributed by atoms with Crippen LogP contribution in [0.1, 0.15) is 36.0 Å². The van der Waals surface area contributed by atoms with Crippen LogP contribution in [0.15, 0.2) is 22.9 Å². The van der Waals surface area contributed by atoms with Crippen molar-refractivity contribution in [3.05, 3.63) is 28.5 Å². The Morgan fingerprint density at radius 3 is 2.50 bits per heavy atom. The van der Waals surface area contributed by atoms with E-state index in [1.54, 1.807) is 12.1 Å². The molecule has 0 atom stereocenters. The molecule has 1 aliphatic rings. The Labute approximate surface area is 123 Å². The second-order valence-electron chi connectivity index (χ2n) is 4.93. The van der Waals surface area contributed by atoms with Crippen LogP contribution in [-0.2, 0) is 0 Å². The fourth-order valence-corrected chi connectivity index (χ4v) is 2.74. The minimum Gasteiger partial charge on any atom is -0.349 e. The van der Waals surface area contributed by atoms with Crippen molar-refractivity contribution in [1.82, 2.24) is 10.3 Å². The van der Waals surface area contributed by atoms with Crippen molar-refractivity contribution in [2.45, 2.75) is 37.9 Å².